The molecular formula is C25H22O8. The molecule has 33 heavy (non-hydrogen) atoms. The van der Waals surface area contributed by atoms with Crippen molar-refractivity contribution in [3.63, 3.8) is 0 Å². The molecule has 8 heteroatoms. The summed E-state index contributed by atoms with van der Waals surface area (Å²) in [6.45, 7) is 1.60. The number of hydrogen-bond donors (Lipinski definition) is 0. The topological polar surface area (TPSA) is 105 Å². The average Bonchev–Trinajstić information content (AvgIpc) is 3.45. The molecule has 2 aromatic rings. The van der Waals surface area contributed by atoms with E-state index in [1.807, 2.05) is 6.07 Å². The standard InChI is InChI=1S/C25H22O8/c1-14-7-5-6-10-17(14)22(27)31-13-25-11-16(12-30-21(26)15-8-3-2-4-9-15)20(33-25)18-19(25)24(29)32-23(18)28/h2-10,16,18-20H,11-13H2,1H3/t16-,18+,19+,20-,25-/m0/s1. The number of carbonyl (C=O) groups is 4. The van der Waals surface area contributed by atoms with Crippen LogP contribution < -0.4 is 0 Å². The molecule has 0 N–H and O–H groups in total. The fraction of sp³-hybridized carbons (Fsp3) is 0.360. The molecule has 0 amide bonds. The van der Waals surface area contributed by atoms with Crippen molar-refractivity contribution < 1.29 is 38.1 Å². The zero-order valence-electron chi connectivity index (χ0n) is 17.9. The normalized spacial score (nSPS) is 29.5. The van der Waals surface area contributed by atoms with Crippen LogP contribution in [0.15, 0.2) is 54.6 Å². The van der Waals surface area contributed by atoms with E-state index in [9.17, 15) is 19.2 Å². The molecule has 0 radical (unpaired) electrons. The molecule has 5 atom stereocenters. The Hall–Kier alpha value is -3.52. The van der Waals surface area contributed by atoms with Crippen molar-refractivity contribution in [2.24, 2.45) is 17.8 Å². The highest BCUT2D eigenvalue weighted by Crippen LogP contribution is 2.57. The van der Waals surface area contributed by atoms with Gasteiger partial charge in [0.1, 0.15) is 24.0 Å². The summed E-state index contributed by atoms with van der Waals surface area (Å²) in [5, 5.41) is 0. The van der Waals surface area contributed by atoms with E-state index >= 15 is 0 Å². The maximum absolute atomic E-state index is 12.7. The lowest BCUT2D eigenvalue weighted by molar-refractivity contribution is -0.160. The molecule has 3 fully saturated rings. The van der Waals surface area contributed by atoms with Crippen molar-refractivity contribution in [1.29, 1.82) is 0 Å². The highest BCUT2D eigenvalue weighted by Gasteiger charge is 2.72. The van der Waals surface area contributed by atoms with E-state index in [2.05, 4.69) is 0 Å². The van der Waals surface area contributed by atoms with Crippen molar-refractivity contribution in [1.82, 2.24) is 0 Å². The fourth-order valence-corrected chi connectivity index (χ4v) is 5.17. The third-order valence-electron chi connectivity index (χ3n) is 6.70. The summed E-state index contributed by atoms with van der Waals surface area (Å²) in [5.41, 5.74) is 0.393. The van der Waals surface area contributed by atoms with Crippen molar-refractivity contribution >= 4 is 23.9 Å². The molecule has 3 saturated heterocycles. The molecule has 170 valence electrons. The van der Waals surface area contributed by atoms with Gasteiger partial charge in [-0.1, -0.05) is 36.4 Å². The van der Waals surface area contributed by atoms with Gasteiger partial charge in [0, 0.05) is 5.92 Å². The van der Waals surface area contributed by atoms with E-state index in [4.69, 9.17) is 18.9 Å². The molecule has 2 bridgehead atoms. The molecule has 0 aliphatic carbocycles. The zero-order valence-corrected chi connectivity index (χ0v) is 17.9. The van der Waals surface area contributed by atoms with Gasteiger partial charge in [0.05, 0.1) is 23.8 Å². The number of aryl methyl sites for hydroxylation is 1. The minimum absolute atomic E-state index is 0.0105. The number of fused-ring (bicyclic) bond motifs is 5. The second-order valence-corrected chi connectivity index (χ2v) is 8.71. The van der Waals surface area contributed by atoms with Gasteiger partial charge in [0.15, 0.2) is 0 Å². The summed E-state index contributed by atoms with van der Waals surface area (Å²) < 4.78 is 22.1. The van der Waals surface area contributed by atoms with Crippen LogP contribution >= 0.6 is 0 Å². The van der Waals surface area contributed by atoms with E-state index in [1.165, 1.54) is 0 Å². The first-order chi connectivity index (χ1) is 15.9. The molecule has 0 saturated carbocycles. The molecule has 8 nitrogen and oxygen atoms in total. The Balaban J connectivity index is 1.32. The number of rotatable bonds is 6. The van der Waals surface area contributed by atoms with E-state index in [1.54, 1.807) is 55.5 Å². The van der Waals surface area contributed by atoms with Gasteiger partial charge >= 0.3 is 23.9 Å². The lowest BCUT2D eigenvalue weighted by atomic mass is 9.69. The van der Waals surface area contributed by atoms with Gasteiger partial charge in [0.25, 0.3) is 0 Å². The van der Waals surface area contributed by atoms with E-state index in [0.717, 1.165) is 5.56 Å². The largest absolute Gasteiger partial charge is 0.462 e. The summed E-state index contributed by atoms with van der Waals surface area (Å²) in [6, 6.07) is 15.6. The summed E-state index contributed by atoms with van der Waals surface area (Å²) in [6.07, 6.45) is -0.362. The zero-order chi connectivity index (χ0) is 23.2. The molecule has 0 unspecified atom stereocenters. The molecule has 2 aromatic carbocycles. The van der Waals surface area contributed by atoms with Gasteiger partial charge in [0.2, 0.25) is 0 Å². The summed E-state index contributed by atoms with van der Waals surface area (Å²) in [4.78, 5) is 49.8. The first-order valence-corrected chi connectivity index (χ1v) is 10.8. The van der Waals surface area contributed by atoms with Gasteiger partial charge in [-0.2, -0.15) is 0 Å². The summed E-state index contributed by atoms with van der Waals surface area (Å²) in [5.74, 6) is -4.33. The van der Waals surface area contributed by atoms with Crippen LogP contribution in [0.25, 0.3) is 0 Å². The number of cyclic esters (lactones) is 2. The third kappa shape index (κ3) is 3.60. The first-order valence-electron chi connectivity index (χ1n) is 10.8. The minimum Gasteiger partial charge on any atom is -0.462 e. The molecule has 5 rings (SSSR count). The highest BCUT2D eigenvalue weighted by molar-refractivity contribution is 5.98. The molecule has 3 aliphatic rings. The SMILES string of the molecule is Cc1ccccc1C(=O)OC[C@]12C[C@@H](COC(=O)c3ccccc3)[C@H](O1)[C@@H]1C(=O)OC(=O)[C@@H]12. The second-order valence-electron chi connectivity index (χ2n) is 8.71. The summed E-state index contributed by atoms with van der Waals surface area (Å²) >= 11 is 0. The monoisotopic (exact) mass is 450 g/mol. The highest BCUT2D eigenvalue weighted by atomic mass is 16.6. The van der Waals surface area contributed by atoms with Crippen LogP contribution in [0.5, 0.6) is 0 Å². The van der Waals surface area contributed by atoms with Crippen LogP contribution in [-0.4, -0.2) is 48.8 Å². The van der Waals surface area contributed by atoms with Crippen molar-refractivity contribution in [2.75, 3.05) is 13.2 Å². The Kier molecular flexibility index (Phi) is 5.25. The molecule has 0 spiro atoms. The lowest BCUT2D eigenvalue weighted by Gasteiger charge is -2.31. The Labute approximate surface area is 189 Å². The van der Waals surface area contributed by atoms with Crippen molar-refractivity contribution in [3.05, 3.63) is 71.3 Å². The maximum atomic E-state index is 12.7. The smallest absolute Gasteiger partial charge is 0.338 e. The van der Waals surface area contributed by atoms with Gasteiger partial charge in [-0.05, 0) is 37.1 Å². The number of hydrogen-bond acceptors (Lipinski definition) is 8. The number of ether oxygens (including phenoxy) is 4. The number of esters is 4. The van der Waals surface area contributed by atoms with E-state index < -0.39 is 47.4 Å². The maximum Gasteiger partial charge on any atom is 0.338 e. The van der Waals surface area contributed by atoms with Crippen LogP contribution in [0.3, 0.4) is 0 Å². The first kappa shape index (κ1) is 21.3. The Morgan fingerprint density at radius 3 is 2.45 bits per heavy atom. The number of carbonyl (C=O) groups excluding carboxylic acids is 4. The minimum atomic E-state index is -1.19. The van der Waals surface area contributed by atoms with Gasteiger partial charge < -0.3 is 18.9 Å². The molecule has 3 heterocycles. The quantitative estimate of drug-likeness (QED) is 0.376. The van der Waals surface area contributed by atoms with E-state index in [0.29, 0.717) is 17.5 Å². The van der Waals surface area contributed by atoms with Crippen LogP contribution in [0.4, 0.5) is 0 Å². The van der Waals surface area contributed by atoms with E-state index in [-0.39, 0.29) is 19.1 Å². The predicted molar refractivity (Wildman–Crippen MR) is 112 cm³/mol. The molecule has 3 aliphatic heterocycles. The van der Waals surface area contributed by atoms with Crippen molar-refractivity contribution in [3.8, 4) is 0 Å². The van der Waals surface area contributed by atoms with Gasteiger partial charge in [-0.3, -0.25) is 9.59 Å². The lowest BCUT2D eigenvalue weighted by Crippen LogP contribution is -2.47. The Bertz CT molecular complexity index is 1130. The molecule has 0 aromatic heterocycles. The number of benzene rings is 2. The Morgan fingerprint density at radius 2 is 1.70 bits per heavy atom. The van der Waals surface area contributed by atoms with Crippen molar-refractivity contribution in [2.45, 2.75) is 25.0 Å². The second kappa shape index (κ2) is 8.12. The third-order valence-corrected chi connectivity index (χ3v) is 6.70. The Morgan fingerprint density at radius 1 is 0.970 bits per heavy atom. The predicted octanol–water partition coefficient (Wildman–Crippen LogP) is 2.48. The van der Waals surface area contributed by atoms with Crippen LogP contribution in [0.2, 0.25) is 0 Å². The molecular weight excluding hydrogens is 428 g/mol. The van der Waals surface area contributed by atoms with Gasteiger partial charge in [-0.25, -0.2) is 9.59 Å². The summed E-state index contributed by atoms with van der Waals surface area (Å²) in [7, 11) is 0. The van der Waals surface area contributed by atoms with Crippen LogP contribution in [-0.2, 0) is 28.5 Å². The van der Waals surface area contributed by atoms with Gasteiger partial charge in [-0.15, -0.1) is 0 Å². The fourth-order valence-electron chi connectivity index (χ4n) is 5.17. The van der Waals surface area contributed by atoms with Crippen LogP contribution in [0.1, 0.15) is 32.7 Å². The average molecular weight is 450 g/mol. The van der Waals surface area contributed by atoms with Crippen LogP contribution in [0, 0.1) is 24.7 Å².